The van der Waals surface area contributed by atoms with Crippen molar-refractivity contribution in [2.45, 2.75) is 51.6 Å². The number of halogens is 1. The predicted molar refractivity (Wildman–Crippen MR) is 70.2 cm³/mol. The van der Waals surface area contributed by atoms with E-state index in [1.54, 1.807) is 7.11 Å². The summed E-state index contributed by atoms with van der Waals surface area (Å²) in [4.78, 5) is 0. The normalized spacial score (nSPS) is 20.2. The van der Waals surface area contributed by atoms with Gasteiger partial charge in [0, 0.05) is 19.5 Å². The summed E-state index contributed by atoms with van der Waals surface area (Å²) >= 11 is 6.10. The quantitative estimate of drug-likeness (QED) is 0.551. The number of alkyl halides is 1. The van der Waals surface area contributed by atoms with Crippen LogP contribution < -0.4 is 5.32 Å². The second-order valence-corrected chi connectivity index (χ2v) is 6.00. The molecule has 0 unspecified atom stereocenters. The zero-order chi connectivity index (χ0) is 12.1. The molecule has 0 aromatic heterocycles. The van der Waals surface area contributed by atoms with Crippen LogP contribution in [0.5, 0.6) is 0 Å². The molecule has 1 fully saturated rings. The minimum atomic E-state index is -0.0171. The third-order valence-corrected chi connectivity index (χ3v) is 4.47. The van der Waals surface area contributed by atoms with Crippen molar-refractivity contribution in [1.29, 1.82) is 0 Å². The minimum Gasteiger partial charge on any atom is -0.379 e. The van der Waals surface area contributed by atoms with Crippen LogP contribution in [0, 0.1) is 5.41 Å². The number of hydrogen-bond acceptors (Lipinski definition) is 2. The third kappa shape index (κ3) is 4.23. The van der Waals surface area contributed by atoms with Gasteiger partial charge in [-0.05, 0) is 45.1 Å². The predicted octanol–water partition coefficient (Wildman–Crippen LogP) is 3.19. The number of nitrogens with one attached hydrogen (secondary N) is 1. The molecule has 0 heterocycles. The van der Waals surface area contributed by atoms with Gasteiger partial charge in [0.05, 0.1) is 5.60 Å². The molecule has 0 spiro atoms. The standard InChI is InChI=1S/C13H26ClNO/c1-12(2,16-3)8-9-15-11-13(10-14)6-4-5-7-13/h15H,4-11H2,1-3H3. The summed E-state index contributed by atoms with van der Waals surface area (Å²) in [5.41, 5.74) is 0.357. The van der Waals surface area contributed by atoms with Crippen LogP contribution in [0.2, 0.25) is 0 Å². The van der Waals surface area contributed by atoms with E-state index in [0.717, 1.165) is 25.4 Å². The maximum absolute atomic E-state index is 6.10. The lowest BCUT2D eigenvalue weighted by Gasteiger charge is -2.28. The van der Waals surface area contributed by atoms with Crippen LogP contribution in [0.3, 0.4) is 0 Å². The monoisotopic (exact) mass is 247 g/mol. The van der Waals surface area contributed by atoms with Gasteiger partial charge in [0.1, 0.15) is 0 Å². The molecule has 0 aromatic carbocycles. The third-order valence-electron chi connectivity index (χ3n) is 3.90. The van der Waals surface area contributed by atoms with Gasteiger partial charge in [-0.3, -0.25) is 0 Å². The molecule has 1 N–H and O–H groups in total. The first-order chi connectivity index (χ1) is 7.54. The summed E-state index contributed by atoms with van der Waals surface area (Å²) in [7, 11) is 1.78. The minimum absolute atomic E-state index is 0.0171. The van der Waals surface area contributed by atoms with Crippen LogP contribution >= 0.6 is 11.6 Å². The summed E-state index contributed by atoms with van der Waals surface area (Å²) in [6.07, 6.45) is 6.31. The van der Waals surface area contributed by atoms with Crippen LogP contribution in [0.1, 0.15) is 46.0 Å². The first-order valence-corrected chi connectivity index (χ1v) is 6.89. The van der Waals surface area contributed by atoms with Crippen molar-refractivity contribution in [1.82, 2.24) is 5.32 Å². The van der Waals surface area contributed by atoms with E-state index >= 15 is 0 Å². The lowest BCUT2D eigenvalue weighted by molar-refractivity contribution is 0.0154. The summed E-state index contributed by atoms with van der Waals surface area (Å²) < 4.78 is 5.40. The molecule has 0 aromatic rings. The van der Waals surface area contributed by atoms with Crippen molar-refractivity contribution >= 4 is 11.6 Å². The van der Waals surface area contributed by atoms with Crippen molar-refractivity contribution in [3.8, 4) is 0 Å². The largest absolute Gasteiger partial charge is 0.379 e. The van der Waals surface area contributed by atoms with E-state index in [4.69, 9.17) is 16.3 Å². The Balaban J connectivity index is 2.19. The number of rotatable bonds is 7. The van der Waals surface area contributed by atoms with E-state index in [1.165, 1.54) is 25.7 Å². The van der Waals surface area contributed by atoms with E-state index in [-0.39, 0.29) is 5.60 Å². The van der Waals surface area contributed by atoms with Crippen LogP contribution in [0.25, 0.3) is 0 Å². The molecule has 2 nitrogen and oxygen atoms in total. The second kappa shape index (κ2) is 6.23. The van der Waals surface area contributed by atoms with Gasteiger partial charge in [-0.25, -0.2) is 0 Å². The average molecular weight is 248 g/mol. The number of ether oxygens (including phenoxy) is 1. The number of methoxy groups -OCH3 is 1. The summed E-state index contributed by atoms with van der Waals surface area (Å²) in [5, 5.41) is 3.55. The fourth-order valence-electron chi connectivity index (χ4n) is 2.33. The molecule has 3 heteroatoms. The summed E-state index contributed by atoms with van der Waals surface area (Å²) in [5.74, 6) is 0.799. The smallest absolute Gasteiger partial charge is 0.0634 e. The SMILES string of the molecule is COC(C)(C)CCNCC1(CCl)CCCC1. The van der Waals surface area contributed by atoms with Gasteiger partial charge in [0.15, 0.2) is 0 Å². The first-order valence-electron chi connectivity index (χ1n) is 6.35. The number of hydrogen-bond donors (Lipinski definition) is 1. The highest BCUT2D eigenvalue weighted by atomic mass is 35.5. The van der Waals surface area contributed by atoms with Crippen molar-refractivity contribution < 1.29 is 4.74 Å². The molecule has 96 valence electrons. The fraction of sp³-hybridized carbons (Fsp3) is 1.00. The van der Waals surface area contributed by atoms with Gasteiger partial charge in [-0.15, -0.1) is 11.6 Å². The van der Waals surface area contributed by atoms with Crippen molar-refractivity contribution in [2.75, 3.05) is 26.1 Å². The molecule has 0 saturated heterocycles. The van der Waals surface area contributed by atoms with E-state index < -0.39 is 0 Å². The van der Waals surface area contributed by atoms with Crippen LogP contribution in [-0.4, -0.2) is 31.7 Å². The Morgan fingerprint density at radius 3 is 2.44 bits per heavy atom. The Morgan fingerprint density at radius 1 is 1.31 bits per heavy atom. The summed E-state index contributed by atoms with van der Waals surface area (Å²) in [6, 6.07) is 0. The lowest BCUT2D eigenvalue weighted by atomic mass is 9.88. The van der Waals surface area contributed by atoms with Crippen molar-refractivity contribution in [3.05, 3.63) is 0 Å². The van der Waals surface area contributed by atoms with Crippen LogP contribution in [-0.2, 0) is 4.74 Å². The van der Waals surface area contributed by atoms with Gasteiger partial charge in [0.2, 0.25) is 0 Å². The Morgan fingerprint density at radius 2 is 1.94 bits per heavy atom. The molecule has 0 bridgehead atoms. The summed E-state index contributed by atoms with van der Waals surface area (Å²) in [6.45, 7) is 6.33. The Kier molecular flexibility index (Phi) is 5.55. The molecule has 1 aliphatic carbocycles. The molecule has 0 radical (unpaired) electrons. The molecular formula is C13H26ClNO. The van der Waals surface area contributed by atoms with E-state index in [9.17, 15) is 0 Å². The van der Waals surface area contributed by atoms with Gasteiger partial charge in [-0.2, -0.15) is 0 Å². The zero-order valence-corrected chi connectivity index (χ0v) is 11.7. The van der Waals surface area contributed by atoms with Crippen LogP contribution in [0.15, 0.2) is 0 Å². The van der Waals surface area contributed by atoms with Gasteiger partial charge in [-0.1, -0.05) is 12.8 Å². The average Bonchev–Trinajstić information content (AvgIpc) is 2.74. The van der Waals surface area contributed by atoms with E-state index in [1.807, 2.05) is 0 Å². The van der Waals surface area contributed by atoms with Gasteiger partial charge >= 0.3 is 0 Å². The highest BCUT2D eigenvalue weighted by Gasteiger charge is 2.32. The first kappa shape index (κ1) is 14.3. The Labute approximate surface area is 105 Å². The molecule has 0 aliphatic heterocycles. The zero-order valence-electron chi connectivity index (χ0n) is 10.9. The second-order valence-electron chi connectivity index (χ2n) is 5.73. The highest BCUT2D eigenvalue weighted by molar-refractivity contribution is 6.18. The van der Waals surface area contributed by atoms with E-state index in [0.29, 0.717) is 5.41 Å². The lowest BCUT2D eigenvalue weighted by Crippen LogP contribution is -2.36. The topological polar surface area (TPSA) is 21.3 Å². The van der Waals surface area contributed by atoms with E-state index in [2.05, 4.69) is 19.2 Å². The molecular weight excluding hydrogens is 222 g/mol. The van der Waals surface area contributed by atoms with Crippen LogP contribution in [0.4, 0.5) is 0 Å². The van der Waals surface area contributed by atoms with Gasteiger partial charge in [0.25, 0.3) is 0 Å². The highest BCUT2D eigenvalue weighted by Crippen LogP contribution is 2.38. The van der Waals surface area contributed by atoms with Gasteiger partial charge < -0.3 is 10.1 Å². The molecule has 1 saturated carbocycles. The van der Waals surface area contributed by atoms with Crippen molar-refractivity contribution in [3.63, 3.8) is 0 Å². The molecule has 1 aliphatic rings. The Bertz CT molecular complexity index is 200. The van der Waals surface area contributed by atoms with Crippen molar-refractivity contribution in [2.24, 2.45) is 5.41 Å². The maximum Gasteiger partial charge on any atom is 0.0634 e. The molecule has 0 amide bonds. The Hall–Kier alpha value is 0.210. The molecule has 16 heavy (non-hydrogen) atoms. The molecule has 1 rings (SSSR count). The maximum atomic E-state index is 6.10. The molecule has 0 atom stereocenters. The fourth-order valence-corrected chi connectivity index (χ4v) is 2.69.